The van der Waals surface area contributed by atoms with Crippen LogP contribution in [0, 0.1) is 6.92 Å². The Morgan fingerprint density at radius 1 is 1.08 bits per heavy atom. The van der Waals surface area contributed by atoms with E-state index < -0.39 is 0 Å². The lowest BCUT2D eigenvalue weighted by atomic mass is 10.1. The minimum atomic E-state index is 0.0858. The highest BCUT2D eigenvalue weighted by Crippen LogP contribution is 2.20. The van der Waals surface area contributed by atoms with E-state index in [4.69, 9.17) is 4.42 Å². The lowest BCUT2D eigenvalue weighted by Gasteiger charge is -2.18. The van der Waals surface area contributed by atoms with E-state index >= 15 is 0 Å². The molecule has 4 nitrogen and oxygen atoms in total. The predicted molar refractivity (Wildman–Crippen MR) is 97.9 cm³/mol. The first-order chi connectivity index (χ1) is 12.1. The molecule has 1 amide bonds. The number of benzene rings is 2. The molecule has 0 aliphatic carbocycles. The lowest BCUT2D eigenvalue weighted by molar-refractivity contribution is -0.130. The van der Waals surface area contributed by atoms with Gasteiger partial charge in [-0.25, -0.2) is 4.98 Å². The number of amides is 1. The third-order valence-electron chi connectivity index (χ3n) is 4.26. The van der Waals surface area contributed by atoms with Crippen LogP contribution in [-0.2, 0) is 17.8 Å². The zero-order valence-corrected chi connectivity index (χ0v) is 14.6. The summed E-state index contributed by atoms with van der Waals surface area (Å²) in [4.78, 5) is 18.4. The molecule has 0 saturated carbocycles. The first-order valence-corrected chi connectivity index (χ1v) is 8.42. The quantitative estimate of drug-likeness (QED) is 0.677. The minimum Gasteiger partial charge on any atom is -0.441 e. The predicted octanol–water partition coefficient (Wildman–Crippen LogP) is 4.24. The second-order valence-electron chi connectivity index (χ2n) is 6.16. The molecule has 0 atom stereocenters. The van der Waals surface area contributed by atoms with Gasteiger partial charge in [0.1, 0.15) is 0 Å². The van der Waals surface area contributed by atoms with E-state index in [0.29, 0.717) is 25.3 Å². The second-order valence-corrected chi connectivity index (χ2v) is 6.16. The molecule has 0 aliphatic heterocycles. The van der Waals surface area contributed by atoms with Crippen molar-refractivity contribution in [1.82, 2.24) is 9.88 Å². The van der Waals surface area contributed by atoms with Gasteiger partial charge in [0.2, 0.25) is 5.91 Å². The Labute approximate surface area is 148 Å². The standard InChI is InChI=1S/C21H22N2O2/c1-16-8-6-7-11-18(16)15-23(2)21(24)13-12-20-22-14-19(25-20)17-9-4-3-5-10-17/h3-11,14H,12-13,15H2,1-2H3. The summed E-state index contributed by atoms with van der Waals surface area (Å²) >= 11 is 0. The maximum Gasteiger partial charge on any atom is 0.223 e. The molecule has 128 valence electrons. The summed E-state index contributed by atoms with van der Waals surface area (Å²) < 4.78 is 5.76. The van der Waals surface area contributed by atoms with Crippen LogP contribution >= 0.6 is 0 Å². The van der Waals surface area contributed by atoms with Gasteiger partial charge in [-0.05, 0) is 18.1 Å². The topological polar surface area (TPSA) is 46.3 Å². The maximum atomic E-state index is 12.4. The molecule has 0 bridgehead atoms. The number of oxazole rings is 1. The molecule has 2 aromatic carbocycles. The molecule has 0 N–H and O–H groups in total. The zero-order valence-electron chi connectivity index (χ0n) is 14.6. The molecule has 1 heterocycles. The largest absolute Gasteiger partial charge is 0.441 e. The highest BCUT2D eigenvalue weighted by atomic mass is 16.4. The Hall–Kier alpha value is -2.88. The van der Waals surface area contributed by atoms with Crippen LogP contribution < -0.4 is 0 Å². The van der Waals surface area contributed by atoms with E-state index in [1.165, 1.54) is 11.1 Å². The molecule has 0 spiro atoms. The summed E-state index contributed by atoms with van der Waals surface area (Å²) in [5.41, 5.74) is 3.35. The Balaban J connectivity index is 1.55. The smallest absolute Gasteiger partial charge is 0.223 e. The van der Waals surface area contributed by atoms with Gasteiger partial charge >= 0.3 is 0 Å². The summed E-state index contributed by atoms with van der Waals surface area (Å²) in [5, 5.41) is 0. The number of hydrogen-bond donors (Lipinski definition) is 0. The van der Waals surface area contributed by atoms with Crippen LogP contribution in [0.2, 0.25) is 0 Å². The number of carbonyl (C=O) groups excluding carboxylic acids is 1. The van der Waals surface area contributed by atoms with E-state index in [0.717, 1.165) is 11.3 Å². The van der Waals surface area contributed by atoms with Crippen LogP contribution in [0.5, 0.6) is 0 Å². The SMILES string of the molecule is Cc1ccccc1CN(C)C(=O)CCc1ncc(-c2ccccc2)o1. The molecule has 4 heteroatoms. The average molecular weight is 334 g/mol. The molecule has 3 aromatic rings. The third kappa shape index (κ3) is 4.35. The van der Waals surface area contributed by atoms with Crippen LogP contribution in [0.1, 0.15) is 23.4 Å². The van der Waals surface area contributed by atoms with Gasteiger partial charge in [0.05, 0.1) is 6.20 Å². The fraction of sp³-hybridized carbons (Fsp3) is 0.238. The van der Waals surface area contributed by atoms with Gasteiger partial charge in [-0.3, -0.25) is 4.79 Å². The molecule has 0 fully saturated rings. The number of aromatic nitrogens is 1. The molecule has 3 rings (SSSR count). The Morgan fingerprint density at radius 3 is 2.56 bits per heavy atom. The van der Waals surface area contributed by atoms with Crippen LogP contribution in [0.3, 0.4) is 0 Å². The molecular weight excluding hydrogens is 312 g/mol. The highest BCUT2D eigenvalue weighted by molar-refractivity contribution is 5.76. The summed E-state index contributed by atoms with van der Waals surface area (Å²) in [6.45, 7) is 2.68. The van der Waals surface area contributed by atoms with Crippen molar-refractivity contribution in [3.8, 4) is 11.3 Å². The Bertz CT molecular complexity index is 840. The second kappa shape index (κ2) is 7.79. The summed E-state index contributed by atoms with van der Waals surface area (Å²) in [7, 11) is 1.83. The summed E-state index contributed by atoms with van der Waals surface area (Å²) in [6, 6.07) is 18.0. The first-order valence-electron chi connectivity index (χ1n) is 8.42. The van der Waals surface area contributed by atoms with Gasteiger partial charge in [0, 0.05) is 32.0 Å². The molecule has 0 saturated heterocycles. The van der Waals surface area contributed by atoms with Crippen molar-refractivity contribution < 1.29 is 9.21 Å². The number of hydrogen-bond acceptors (Lipinski definition) is 3. The van der Waals surface area contributed by atoms with Crippen LogP contribution in [0.15, 0.2) is 65.2 Å². The molecule has 1 aromatic heterocycles. The number of aryl methyl sites for hydroxylation is 2. The fourth-order valence-electron chi connectivity index (χ4n) is 2.70. The van der Waals surface area contributed by atoms with Crippen LogP contribution in [-0.4, -0.2) is 22.8 Å². The molecule has 0 unspecified atom stereocenters. The Morgan fingerprint density at radius 2 is 1.80 bits per heavy atom. The fourth-order valence-corrected chi connectivity index (χ4v) is 2.70. The van der Waals surface area contributed by atoms with E-state index in [2.05, 4.69) is 24.0 Å². The molecular formula is C21H22N2O2. The third-order valence-corrected chi connectivity index (χ3v) is 4.26. The first kappa shape index (κ1) is 17.0. The van der Waals surface area contributed by atoms with E-state index in [1.807, 2.05) is 49.5 Å². The number of carbonyl (C=O) groups is 1. The van der Waals surface area contributed by atoms with Gasteiger partial charge in [-0.15, -0.1) is 0 Å². The van der Waals surface area contributed by atoms with E-state index in [-0.39, 0.29) is 5.91 Å². The van der Waals surface area contributed by atoms with Gasteiger partial charge in [-0.2, -0.15) is 0 Å². The summed E-state index contributed by atoms with van der Waals surface area (Å²) in [5.74, 6) is 1.41. The van der Waals surface area contributed by atoms with Gasteiger partial charge in [0.15, 0.2) is 11.7 Å². The lowest BCUT2D eigenvalue weighted by Crippen LogP contribution is -2.26. The van der Waals surface area contributed by atoms with Crippen molar-refractivity contribution in [2.45, 2.75) is 26.3 Å². The number of nitrogens with zero attached hydrogens (tertiary/aromatic N) is 2. The van der Waals surface area contributed by atoms with Gasteiger partial charge in [0.25, 0.3) is 0 Å². The van der Waals surface area contributed by atoms with Crippen molar-refractivity contribution in [2.75, 3.05) is 7.05 Å². The van der Waals surface area contributed by atoms with Crippen molar-refractivity contribution in [3.05, 3.63) is 77.8 Å². The van der Waals surface area contributed by atoms with Crippen molar-refractivity contribution in [1.29, 1.82) is 0 Å². The summed E-state index contributed by atoms with van der Waals surface area (Å²) in [6.07, 6.45) is 2.60. The van der Waals surface area contributed by atoms with Gasteiger partial charge in [-0.1, -0.05) is 54.6 Å². The van der Waals surface area contributed by atoms with Crippen LogP contribution in [0.25, 0.3) is 11.3 Å². The maximum absolute atomic E-state index is 12.4. The molecule has 25 heavy (non-hydrogen) atoms. The van der Waals surface area contributed by atoms with Crippen molar-refractivity contribution in [3.63, 3.8) is 0 Å². The highest BCUT2D eigenvalue weighted by Gasteiger charge is 2.13. The monoisotopic (exact) mass is 334 g/mol. The van der Waals surface area contributed by atoms with E-state index in [9.17, 15) is 4.79 Å². The average Bonchev–Trinajstić information content (AvgIpc) is 3.11. The van der Waals surface area contributed by atoms with Crippen molar-refractivity contribution >= 4 is 5.91 Å². The minimum absolute atomic E-state index is 0.0858. The molecule has 0 aliphatic rings. The Kier molecular flexibility index (Phi) is 5.29. The van der Waals surface area contributed by atoms with Crippen LogP contribution in [0.4, 0.5) is 0 Å². The zero-order chi connectivity index (χ0) is 17.6. The van der Waals surface area contributed by atoms with Crippen molar-refractivity contribution in [2.24, 2.45) is 0 Å². The number of rotatable bonds is 6. The van der Waals surface area contributed by atoms with Gasteiger partial charge < -0.3 is 9.32 Å². The normalized spacial score (nSPS) is 10.6. The van der Waals surface area contributed by atoms with E-state index in [1.54, 1.807) is 11.1 Å². The molecule has 0 radical (unpaired) electrons.